The molecule has 6 nitrogen and oxygen atoms in total. The normalized spacial score (nSPS) is 20.5. The minimum Gasteiger partial charge on any atom is -0.473 e. The number of carbonyl (C=O) groups excluding carboxylic acids is 1. The van der Waals surface area contributed by atoms with Crippen LogP contribution in [0.3, 0.4) is 0 Å². The van der Waals surface area contributed by atoms with E-state index in [-0.39, 0.29) is 17.5 Å². The van der Waals surface area contributed by atoms with Crippen molar-refractivity contribution in [2.24, 2.45) is 0 Å². The topological polar surface area (TPSA) is 67.4 Å². The van der Waals surface area contributed by atoms with Gasteiger partial charge in [0.15, 0.2) is 0 Å². The Bertz CT molecular complexity index is 805. The summed E-state index contributed by atoms with van der Waals surface area (Å²) in [6.07, 6.45) is 7.72. The molecular weight excluding hydrogens is 352 g/mol. The Morgan fingerprint density at radius 2 is 2.04 bits per heavy atom. The zero-order valence-electron chi connectivity index (χ0n) is 16.4. The Morgan fingerprint density at radius 1 is 1.25 bits per heavy atom. The Balaban J connectivity index is 1.52. The van der Waals surface area contributed by atoms with Crippen LogP contribution < -0.4 is 15.0 Å². The van der Waals surface area contributed by atoms with Gasteiger partial charge >= 0.3 is 0 Å². The second kappa shape index (κ2) is 8.17. The van der Waals surface area contributed by atoms with Crippen molar-refractivity contribution in [3.8, 4) is 5.88 Å². The third-order valence-electron chi connectivity index (χ3n) is 6.04. The molecule has 2 fully saturated rings. The molecule has 2 heterocycles. The van der Waals surface area contributed by atoms with Gasteiger partial charge in [-0.15, -0.1) is 0 Å². The molecule has 1 atom stereocenters. The zero-order chi connectivity index (χ0) is 19.4. The van der Waals surface area contributed by atoms with Crippen molar-refractivity contribution in [1.82, 2.24) is 15.3 Å². The highest BCUT2D eigenvalue weighted by atomic mass is 16.5. The van der Waals surface area contributed by atoms with Crippen LogP contribution >= 0.6 is 0 Å². The van der Waals surface area contributed by atoms with E-state index >= 15 is 0 Å². The molecule has 0 radical (unpaired) electrons. The van der Waals surface area contributed by atoms with Crippen LogP contribution in [0.2, 0.25) is 0 Å². The number of aromatic nitrogens is 2. The third-order valence-corrected chi connectivity index (χ3v) is 6.04. The first kappa shape index (κ1) is 18.7. The molecule has 4 rings (SSSR count). The van der Waals surface area contributed by atoms with E-state index in [2.05, 4.69) is 15.2 Å². The number of anilines is 1. The number of rotatable bonds is 6. The van der Waals surface area contributed by atoms with Gasteiger partial charge in [-0.2, -0.15) is 4.98 Å². The molecule has 2 aliphatic rings. The van der Waals surface area contributed by atoms with E-state index in [1.807, 2.05) is 37.3 Å². The monoisotopic (exact) mass is 380 g/mol. The molecule has 1 unspecified atom stereocenters. The lowest BCUT2D eigenvalue weighted by Gasteiger charge is -2.39. The van der Waals surface area contributed by atoms with Crippen molar-refractivity contribution >= 4 is 11.9 Å². The Hall–Kier alpha value is -2.63. The minimum absolute atomic E-state index is 0.0666. The van der Waals surface area contributed by atoms with Gasteiger partial charge in [0.1, 0.15) is 6.61 Å². The maximum atomic E-state index is 12.0. The van der Waals surface area contributed by atoms with Crippen LogP contribution in [-0.2, 0) is 11.4 Å². The van der Waals surface area contributed by atoms with Crippen LogP contribution in [0.15, 0.2) is 42.6 Å². The van der Waals surface area contributed by atoms with Gasteiger partial charge in [-0.05, 0) is 24.8 Å². The summed E-state index contributed by atoms with van der Waals surface area (Å²) >= 11 is 0. The van der Waals surface area contributed by atoms with Gasteiger partial charge in [0.25, 0.3) is 0 Å². The summed E-state index contributed by atoms with van der Waals surface area (Å²) in [5, 5.41) is 3.25. The standard InChI is InChI=1S/C22H28N4O2/c1-2-19(27)24-18-11-15-26(22(18)12-6-7-13-22)21-23-14-10-20(25-21)28-16-17-8-4-3-5-9-17/h3-5,8-10,14,18H,2,6-7,11-13,15-16H2,1H3,(H,24,27). The Kier molecular flexibility index (Phi) is 5.46. The van der Waals surface area contributed by atoms with Crippen LogP contribution in [0.4, 0.5) is 5.95 Å². The van der Waals surface area contributed by atoms with Crippen molar-refractivity contribution in [3.63, 3.8) is 0 Å². The van der Waals surface area contributed by atoms with E-state index in [1.54, 1.807) is 12.3 Å². The zero-order valence-corrected chi connectivity index (χ0v) is 16.4. The minimum atomic E-state index is -0.0666. The largest absolute Gasteiger partial charge is 0.473 e. The average Bonchev–Trinajstić information content (AvgIpc) is 3.36. The summed E-state index contributed by atoms with van der Waals surface area (Å²) in [6, 6.07) is 12.1. The van der Waals surface area contributed by atoms with E-state index in [0.29, 0.717) is 24.9 Å². The fourth-order valence-corrected chi connectivity index (χ4v) is 4.62. The van der Waals surface area contributed by atoms with Crippen LogP contribution in [-0.4, -0.2) is 34.0 Å². The highest BCUT2D eigenvalue weighted by molar-refractivity contribution is 5.76. The fourth-order valence-electron chi connectivity index (χ4n) is 4.62. The summed E-state index contributed by atoms with van der Waals surface area (Å²) in [4.78, 5) is 23.6. The second-order valence-corrected chi connectivity index (χ2v) is 7.69. The first-order valence-electron chi connectivity index (χ1n) is 10.3. The highest BCUT2D eigenvalue weighted by Crippen LogP contribution is 2.44. The maximum absolute atomic E-state index is 12.0. The van der Waals surface area contributed by atoms with Gasteiger partial charge in [-0.1, -0.05) is 50.1 Å². The highest BCUT2D eigenvalue weighted by Gasteiger charge is 2.51. The fraction of sp³-hybridized carbons (Fsp3) is 0.500. The number of ether oxygens (including phenoxy) is 1. The van der Waals surface area contributed by atoms with Gasteiger partial charge in [0.2, 0.25) is 17.7 Å². The number of nitrogens with one attached hydrogen (secondary N) is 1. The predicted octanol–water partition coefficient (Wildman–Crippen LogP) is 3.47. The Labute approximate surface area is 166 Å². The summed E-state index contributed by atoms with van der Waals surface area (Å²) in [7, 11) is 0. The first-order valence-corrected chi connectivity index (χ1v) is 10.3. The second-order valence-electron chi connectivity index (χ2n) is 7.69. The van der Waals surface area contributed by atoms with Crippen molar-refractivity contribution < 1.29 is 9.53 Å². The molecule has 1 aliphatic heterocycles. The lowest BCUT2D eigenvalue weighted by Crippen LogP contribution is -2.55. The molecule has 1 amide bonds. The molecule has 6 heteroatoms. The van der Waals surface area contributed by atoms with Crippen molar-refractivity contribution in [1.29, 1.82) is 0 Å². The number of nitrogens with zero attached hydrogens (tertiary/aromatic N) is 3. The summed E-state index contributed by atoms with van der Waals surface area (Å²) < 4.78 is 5.90. The van der Waals surface area contributed by atoms with E-state index < -0.39 is 0 Å². The van der Waals surface area contributed by atoms with E-state index in [4.69, 9.17) is 9.72 Å². The van der Waals surface area contributed by atoms with E-state index in [0.717, 1.165) is 31.4 Å². The van der Waals surface area contributed by atoms with Crippen LogP contribution in [0, 0.1) is 0 Å². The molecule has 1 aromatic heterocycles. The number of amides is 1. The van der Waals surface area contributed by atoms with Crippen molar-refractivity contribution in [3.05, 3.63) is 48.2 Å². The maximum Gasteiger partial charge on any atom is 0.229 e. The number of hydrogen-bond donors (Lipinski definition) is 1. The van der Waals surface area contributed by atoms with Crippen molar-refractivity contribution in [2.75, 3.05) is 11.4 Å². The number of benzene rings is 1. The van der Waals surface area contributed by atoms with Gasteiger partial charge in [-0.25, -0.2) is 4.98 Å². The van der Waals surface area contributed by atoms with Gasteiger partial charge < -0.3 is 15.0 Å². The third kappa shape index (κ3) is 3.68. The molecular formula is C22H28N4O2. The lowest BCUT2D eigenvalue weighted by atomic mass is 9.89. The summed E-state index contributed by atoms with van der Waals surface area (Å²) in [5.41, 5.74) is 1.04. The number of carbonyl (C=O) groups is 1. The molecule has 2 aromatic rings. The SMILES string of the molecule is CCC(=O)NC1CCN(c2nccc(OCc3ccccc3)n2)C12CCCC2. The first-order chi connectivity index (χ1) is 13.7. The smallest absolute Gasteiger partial charge is 0.229 e. The molecule has 1 saturated carbocycles. The van der Waals surface area contributed by atoms with Crippen LogP contribution in [0.5, 0.6) is 5.88 Å². The van der Waals surface area contributed by atoms with Crippen molar-refractivity contribution in [2.45, 2.75) is 63.6 Å². The average molecular weight is 380 g/mol. The quantitative estimate of drug-likeness (QED) is 0.831. The summed E-state index contributed by atoms with van der Waals surface area (Å²) in [6.45, 7) is 3.24. The van der Waals surface area contributed by atoms with Gasteiger partial charge in [0, 0.05) is 25.2 Å². The molecule has 148 valence electrons. The van der Waals surface area contributed by atoms with Gasteiger partial charge in [0.05, 0.1) is 11.6 Å². The molecule has 0 bridgehead atoms. The lowest BCUT2D eigenvalue weighted by molar-refractivity contribution is -0.121. The van der Waals surface area contributed by atoms with E-state index in [9.17, 15) is 4.79 Å². The predicted molar refractivity (Wildman–Crippen MR) is 108 cm³/mol. The molecule has 28 heavy (non-hydrogen) atoms. The van der Waals surface area contributed by atoms with Gasteiger partial charge in [-0.3, -0.25) is 4.79 Å². The summed E-state index contributed by atoms with van der Waals surface area (Å²) in [5.74, 6) is 1.42. The molecule has 1 saturated heterocycles. The van der Waals surface area contributed by atoms with Crippen LogP contribution in [0.1, 0.15) is 51.0 Å². The molecule has 1 N–H and O–H groups in total. The Morgan fingerprint density at radius 3 is 2.79 bits per heavy atom. The number of hydrogen-bond acceptors (Lipinski definition) is 5. The molecule has 1 aliphatic carbocycles. The molecule has 1 aromatic carbocycles. The van der Waals surface area contributed by atoms with Crippen LogP contribution in [0.25, 0.3) is 0 Å². The molecule has 1 spiro atoms. The van der Waals surface area contributed by atoms with E-state index in [1.165, 1.54) is 12.8 Å².